The number of nitrogens with zero attached hydrogens (tertiary/aromatic N) is 1. The second-order valence-electron chi connectivity index (χ2n) is 4.17. The summed E-state index contributed by atoms with van der Waals surface area (Å²) in [4.78, 5) is 34.4. The van der Waals surface area contributed by atoms with Crippen LogP contribution in [0.3, 0.4) is 0 Å². The molecule has 0 spiro atoms. The molecule has 0 radical (unpaired) electrons. The highest BCUT2D eigenvalue weighted by molar-refractivity contribution is 6.05. The number of carbonyl (C=O) groups is 3. The maximum atomic E-state index is 13.1. The number of carbonyl (C=O) groups excluding carboxylic acids is 3. The van der Waals surface area contributed by atoms with Crippen LogP contribution >= 0.6 is 0 Å². The number of amides is 5. The molecule has 5 amide bonds. The first-order valence-electron chi connectivity index (χ1n) is 6.10. The van der Waals surface area contributed by atoms with Gasteiger partial charge in [0.2, 0.25) is 0 Å². The molecule has 2 N–H and O–H groups in total. The first kappa shape index (κ1) is 14.4. The first-order chi connectivity index (χ1) is 8.56. The third kappa shape index (κ3) is 3.97. The zero-order valence-electron chi connectivity index (χ0n) is 10.4. The summed E-state index contributed by atoms with van der Waals surface area (Å²) in [5.74, 6) is -0.994. The van der Waals surface area contributed by atoms with Gasteiger partial charge in [-0.2, -0.15) is 0 Å². The van der Waals surface area contributed by atoms with Crippen molar-refractivity contribution in [2.45, 2.75) is 38.8 Å². The molecule has 18 heavy (non-hydrogen) atoms. The lowest BCUT2D eigenvalue weighted by Crippen LogP contribution is -2.59. The molecule has 0 aromatic rings. The van der Waals surface area contributed by atoms with Crippen LogP contribution in [0.25, 0.3) is 0 Å². The van der Waals surface area contributed by atoms with E-state index in [1.807, 2.05) is 0 Å². The second kappa shape index (κ2) is 6.93. The Hall–Kier alpha value is -1.66. The summed E-state index contributed by atoms with van der Waals surface area (Å²) in [6, 6.07) is -1.54. The molecule has 0 aliphatic carbocycles. The number of imide groups is 2. The Morgan fingerprint density at radius 1 is 1.44 bits per heavy atom. The highest BCUT2D eigenvalue weighted by atomic mass is 19.1. The molecule has 1 saturated heterocycles. The van der Waals surface area contributed by atoms with E-state index in [2.05, 4.69) is 12.2 Å². The molecule has 0 saturated carbocycles. The number of halogens is 1. The predicted octanol–water partition coefficient (Wildman–Crippen LogP) is 1.17. The van der Waals surface area contributed by atoms with Crippen LogP contribution in [0.4, 0.5) is 14.0 Å². The van der Waals surface area contributed by atoms with Crippen LogP contribution in [-0.2, 0) is 4.79 Å². The lowest BCUT2D eigenvalue weighted by Gasteiger charge is -2.26. The Labute approximate surface area is 105 Å². The molecule has 6 nitrogen and oxygen atoms in total. The number of unbranched alkanes of at least 4 members (excludes halogenated alkanes) is 3. The fourth-order valence-electron chi connectivity index (χ4n) is 1.59. The molecule has 1 heterocycles. The molecule has 0 aromatic carbocycles. The fourth-order valence-corrected chi connectivity index (χ4v) is 1.59. The van der Waals surface area contributed by atoms with Gasteiger partial charge in [-0.3, -0.25) is 10.1 Å². The summed E-state index contributed by atoms with van der Waals surface area (Å²) in [6.07, 6.45) is 2.13. The number of hydrogen-bond donors (Lipinski definition) is 2. The minimum absolute atomic E-state index is 0.438. The highest BCUT2D eigenvalue weighted by Crippen LogP contribution is 2.05. The maximum absolute atomic E-state index is 13.1. The zero-order chi connectivity index (χ0) is 13.5. The summed E-state index contributed by atoms with van der Waals surface area (Å²) in [6.45, 7) is 1.99. The second-order valence-corrected chi connectivity index (χ2v) is 4.17. The van der Waals surface area contributed by atoms with E-state index in [-0.39, 0.29) is 0 Å². The molecule has 1 aliphatic heterocycles. The molecule has 1 unspecified atom stereocenters. The van der Waals surface area contributed by atoms with Crippen molar-refractivity contribution in [2.75, 3.05) is 13.1 Å². The average Bonchev–Trinajstić information content (AvgIpc) is 2.33. The van der Waals surface area contributed by atoms with Gasteiger partial charge in [0.1, 0.15) is 0 Å². The molecule has 1 aliphatic rings. The van der Waals surface area contributed by atoms with Gasteiger partial charge in [-0.15, -0.1) is 0 Å². The summed E-state index contributed by atoms with van der Waals surface area (Å²) < 4.78 is 13.1. The highest BCUT2D eigenvalue weighted by Gasteiger charge is 2.35. The van der Waals surface area contributed by atoms with Crippen LogP contribution in [0, 0.1) is 0 Å². The Balaban J connectivity index is 2.32. The number of hydrogen-bond acceptors (Lipinski definition) is 3. The molecule has 0 aromatic heterocycles. The van der Waals surface area contributed by atoms with Crippen LogP contribution in [0.2, 0.25) is 0 Å². The number of rotatable bonds is 5. The van der Waals surface area contributed by atoms with Crippen molar-refractivity contribution in [1.82, 2.24) is 15.5 Å². The Morgan fingerprint density at radius 2 is 2.17 bits per heavy atom. The average molecular weight is 259 g/mol. The van der Waals surface area contributed by atoms with Gasteiger partial charge >= 0.3 is 12.1 Å². The quantitative estimate of drug-likeness (QED) is 0.727. The van der Waals surface area contributed by atoms with Gasteiger partial charge < -0.3 is 5.32 Å². The van der Waals surface area contributed by atoms with Gasteiger partial charge in [-0.25, -0.2) is 18.9 Å². The van der Waals surface area contributed by atoms with Gasteiger partial charge in [0.05, 0.1) is 6.54 Å². The van der Waals surface area contributed by atoms with E-state index >= 15 is 0 Å². The van der Waals surface area contributed by atoms with Crippen molar-refractivity contribution in [3.05, 3.63) is 0 Å². The van der Waals surface area contributed by atoms with E-state index in [0.29, 0.717) is 11.4 Å². The number of urea groups is 2. The summed E-state index contributed by atoms with van der Waals surface area (Å²) >= 11 is 0. The van der Waals surface area contributed by atoms with E-state index in [1.54, 1.807) is 5.32 Å². The first-order valence-corrected chi connectivity index (χ1v) is 6.10. The Kier molecular flexibility index (Phi) is 5.54. The molecule has 1 atom stereocenters. The van der Waals surface area contributed by atoms with E-state index < -0.39 is 30.7 Å². The van der Waals surface area contributed by atoms with Gasteiger partial charge in [0, 0.05) is 6.54 Å². The Bertz CT molecular complexity index is 335. The lowest BCUT2D eigenvalue weighted by molar-refractivity contribution is -0.126. The van der Waals surface area contributed by atoms with Crippen LogP contribution in [0.1, 0.15) is 32.6 Å². The van der Waals surface area contributed by atoms with Crippen molar-refractivity contribution in [3.63, 3.8) is 0 Å². The van der Waals surface area contributed by atoms with E-state index in [4.69, 9.17) is 0 Å². The number of alkyl halides is 1. The van der Waals surface area contributed by atoms with Crippen molar-refractivity contribution < 1.29 is 18.8 Å². The van der Waals surface area contributed by atoms with Gasteiger partial charge in [-0.1, -0.05) is 26.2 Å². The van der Waals surface area contributed by atoms with Gasteiger partial charge in [0.15, 0.2) is 6.17 Å². The van der Waals surface area contributed by atoms with Crippen molar-refractivity contribution in [1.29, 1.82) is 0 Å². The van der Waals surface area contributed by atoms with Gasteiger partial charge in [0.25, 0.3) is 5.91 Å². The minimum atomic E-state index is -1.85. The van der Waals surface area contributed by atoms with Crippen LogP contribution in [-0.4, -0.2) is 42.1 Å². The fraction of sp³-hybridized carbons (Fsp3) is 0.727. The smallest absolute Gasteiger partial charge is 0.332 e. The van der Waals surface area contributed by atoms with Crippen molar-refractivity contribution in [3.8, 4) is 0 Å². The molecule has 1 rings (SSSR count). The molecule has 1 fully saturated rings. The topological polar surface area (TPSA) is 78.5 Å². The summed E-state index contributed by atoms with van der Waals surface area (Å²) in [7, 11) is 0. The molecule has 0 bridgehead atoms. The van der Waals surface area contributed by atoms with Crippen LogP contribution in [0.15, 0.2) is 0 Å². The molecular formula is C11H18FN3O3. The lowest BCUT2D eigenvalue weighted by atomic mass is 10.2. The normalized spacial score (nSPS) is 19.7. The van der Waals surface area contributed by atoms with Gasteiger partial charge in [-0.05, 0) is 6.42 Å². The largest absolute Gasteiger partial charge is 0.338 e. The Morgan fingerprint density at radius 3 is 2.83 bits per heavy atom. The number of nitrogens with one attached hydrogen (secondary N) is 2. The zero-order valence-corrected chi connectivity index (χ0v) is 10.4. The van der Waals surface area contributed by atoms with Crippen LogP contribution in [0.5, 0.6) is 0 Å². The SMILES string of the molecule is CCCCCCNC(=O)N1CC(F)C(=O)NC1=O. The third-order valence-electron chi connectivity index (χ3n) is 2.65. The molecule has 102 valence electrons. The van der Waals surface area contributed by atoms with E-state index in [1.165, 1.54) is 0 Å². The monoisotopic (exact) mass is 259 g/mol. The van der Waals surface area contributed by atoms with Crippen LogP contribution < -0.4 is 10.6 Å². The molecular weight excluding hydrogens is 241 g/mol. The van der Waals surface area contributed by atoms with E-state index in [9.17, 15) is 18.8 Å². The summed E-state index contributed by atoms with van der Waals surface area (Å²) in [5, 5.41) is 4.31. The minimum Gasteiger partial charge on any atom is -0.338 e. The van der Waals surface area contributed by atoms with Crippen molar-refractivity contribution >= 4 is 18.0 Å². The van der Waals surface area contributed by atoms with Crippen molar-refractivity contribution in [2.24, 2.45) is 0 Å². The van der Waals surface area contributed by atoms with E-state index in [0.717, 1.165) is 25.7 Å². The summed E-state index contributed by atoms with van der Waals surface area (Å²) in [5.41, 5.74) is 0. The maximum Gasteiger partial charge on any atom is 0.332 e. The molecule has 7 heteroatoms. The standard InChI is InChI=1S/C11H18FN3O3/c1-2-3-4-5-6-13-10(17)15-7-8(12)9(16)14-11(15)18/h8H,2-7H2,1H3,(H,13,17)(H,14,16,18). The third-order valence-corrected chi connectivity index (χ3v) is 2.65. The predicted molar refractivity (Wildman–Crippen MR) is 62.7 cm³/mol.